The summed E-state index contributed by atoms with van der Waals surface area (Å²) in [4.78, 5) is 2.35. The van der Waals surface area contributed by atoms with Crippen molar-refractivity contribution in [3.8, 4) is 17.2 Å². The van der Waals surface area contributed by atoms with Crippen molar-refractivity contribution in [3.63, 3.8) is 0 Å². The fraction of sp³-hybridized carbons (Fsp3) is 0.294. The third-order valence-corrected chi connectivity index (χ3v) is 3.97. The lowest BCUT2D eigenvalue weighted by atomic mass is 10.2. The van der Waals surface area contributed by atoms with Gasteiger partial charge in [-0.3, -0.25) is 0 Å². The van der Waals surface area contributed by atoms with Gasteiger partial charge >= 0.3 is 0 Å². The number of hydrogen-bond acceptors (Lipinski definition) is 3. The lowest BCUT2D eigenvalue weighted by Crippen LogP contribution is -2.17. The molecule has 0 N–H and O–H groups in total. The van der Waals surface area contributed by atoms with Gasteiger partial charge in [-0.25, -0.2) is 0 Å². The summed E-state index contributed by atoms with van der Waals surface area (Å²) < 4.78 is 10.9. The Morgan fingerprint density at radius 1 is 0.952 bits per heavy atom. The summed E-state index contributed by atoms with van der Waals surface area (Å²) in [7, 11) is 1.64. The first-order chi connectivity index (χ1) is 10.3. The molecular weight excluding hydrogens is 286 g/mol. The van der Waals surface area contributed by atoms with Crippen LogP contribution in [-0.4, -0.2) is 20.2 Å². The van der Waals surface area contributed by atoms with Gasteiger partial charge < -0.3 is 14.4 Å². The van der Waals surface area contributed by atoms with Crippen LogP contribution in [0.2, 0.25) is 5.02 Å². The standard InChI is InChI=1S/C17H18ClNO2/c1-20-14-5-7-15(8-6-14)21-17-9-4-13(12-16(17)18)19-10-2-3-11-19/h4-9,12H,2-3,10-11H2,1H3. The maximum atomic E-state index is 6.34. The first kappa shape index (κ1) is 14.1. The minimum absolute atomic E-state index is 0.634. The van der Waals surface area contributed by atoms with Gasteiger partial charge in [-0.1, -0.05) is 11.6 Å². The molecule has 1 aliphatic heterocycles. The lowest BCUT2D eigenvalue weighted by molar-refractivity contribution is 0.413. The van der Waals surface area contributed by atoms with Gasteiger partial charge in [-0.05, 0) is 55.3 Å². The maximum Gasteiger partial charge on any atom is 0.146 e. The predicted molar refractivity (Wildman–Crippen MR) is 86.0 cm³/mol. The first-order valence-corrected chi connectivity index (χ1v) is 7.50. The van der Waals surface area contributed by atoms with E-state index >= 15 is 0 Å². The third-order valence-electron chi connectivity index (χ3n) is 3.67. The molecule has 1 fully saturated rings. The highest BCUT2D eigenvalue weighted by Crippen LogP contribution is 2.34. The Morgan fingerprint density at radius 3 is 2.24 bits per heavy atom. The van der Waals surface area contributed by atoms with E-state index in [-0.39, 0.29) is 0 Å². The fourth-order valence-corrected chi connectivity index (χ4v) is 2.73. The molecule has 3 nitrogen and oxygen atoms in total. The van der Waals surface area contributed by atoms with Gasteiger partial charge in [0.05, 0.1) is 12.1 Å². The number of rotatable bonds is 4. The van der Waals surface area contributed by atoms with E-state index in [1.807, 2.05) is 36.4 Å². The van der Waals surface area contributed by atoms with Crippen LogP contribution in [0.25, 0.3) is 0 Å². The van der Waals surface area contributed by atoms with Gasteiger partial charge in [-0.2, -0.15) is 0 Å². The summed E-state index contributed by atoms with van der Waals surface area (Å²) in [6, 6.07) is 13.4. The second-order valence-electron chi connectivity index (χ2n) is 5.09. The Hall–Kier alpha value is -1.87. The molecule has 2 aromatic carbocycles. The predicted octanol–water partition coefficient (Wildman–Crippen LogP) is 4.74. The van der Waals surface area contributed by atoms with Crippen molar-refractivity contribution in [2.45, 2.75) is 12.8 Å². The normalized spacial score (nSPS) is 14.3. The Labute approximate surface area is 130 Å². The number of ether oxygens (including phenoxy) is 2. The van der Waals surface area contributed by atoms with Crippen LogP contribution in [0, 0.1) is 0 Å². The highest BCUT2D eigenvalue weighted by atomic mass is 35.5. The van der Waals surface area contributed by atoms with Crippen molar-refractivity contribution in [2.24, 2.45) is 0 Å². The highest BCUT2D eigenvalue weighted by molar-refractivity contribution is 6.32. The zero-order valence-corrected chi connectivity index (χ0v) is 12.8. The number of nitrogens with zero attached hydrogens (tertiary/aromatic N) is 1. The molecule has 1 aliphatic rings. The second kappa shape index (κ2) is 6.27. The Balaban J connectivity index is 1.75. The summed E-state index contributed by atoms with van der Waals surface area (Å²) in [5.41, 5.74) is 1.17. The third kappa shape index (κ3) is 3.24. The van der Waals surface area contributed by atoms with Crippen LogP contribution in [0.4, 0.5) is 5.69 Å². The molecule has 2 aromatic rings. The minimum Gasteiger partial charge on any atom is -0.497 e. The maximum absolute atomic E-state index is 6.34. The zero-order valence-electron chi connectivity index (χ0n) is 12.0. The lowest BCUT2D eigenvalue weighted by Gasteiger charge is -2.18. The van der Waals surface area contributed by atoms with Crippen LogP contribution >= 0.6 is 11.6 Å². The molecule has 0 aliphatic carbocycles. The van der Waals surface area contributed by atoms with Crippen LogP contribution in [0.5, 0.6) is 17.2 Å². The van der Waals surface area contributed by atoms with Crippen LogP contribution in [0.15, 0.2) is 42.5 Å². The average molecular weight is 304 g/mol. The average Bonchev–Trinajstić information content (AvgIpc) is 3.04. The zero-order chi connectivity index (χ0) is 14.7. The number of methoxy groups -OCH3 is 1. The number of halogens is 1. The Morgan fingerprint density at radius 2 is 1.62 bits per heavy atom. The van der Waals surface area contributed by atoms with Crippen molar-refractivity contribution < 1.29 is 9.47 Å². The van der Waals surface area contributed by atoms with E-state index in [9.17, 15) is 0 Å². The van der Waals surface area contributed by atoms with E-state index in [1.54, 1.807) is 7.11 Å². The van der Waals surface area contributed by atoms with Crippen molar-refractivity contribution in [3.05, 3.63) is 47.5 Å². The molecule has 0 aromatic heterocycles. The molecule has 4 heteroatoms. The molecule has 0 saturated carbocycles. The smallest absolute Gasteiger partial charge is 0.146 e. The van der Waals surface area contributed by atoms with E-state index in [2.05, 4.69) is 11.0 Å². The van der Waals surface area contributed by atoms with Gasteiger partial charge in [0.25, 0.3) is 0 Å². The Bertz CT molecular complexity index is 607. The summed E-state index contributed by atoms with van der Waals surface area (Å²) >= 11 is 6.34. The molecule has 0 bridgehead atoms. The van der Waals surface area contributed by atoms with Crippen molar-refractivity contribution >= 4 is 17.3 Å². The Kier molecular flexibility index (Phi) is 4.20. The van der Waals surface area contributed by atoms with E-state index in [0.29, 0.717) is 10.8 Å². The molecule has 0 amide bonds. The summed E-state index contributed by atoms with van der Waals surface area (Å²) in [5.74, 6) is 2.22. The van der Waals surface area contributed by atoms with E-state index in [1.165, 1.54) is 18.5 Å². The molecule has 1 saturated heterocycles. The van der Waals surface area contributed by atoms with Crippen LogP contribution < -0.4 is 14.4 Å². The monoisotopic (exact) mass is 303 g/mol. The van der Waals surface area contributed by atoms with Gasteiger partial charge in [0, 0.05) is 18.8 Å². The van der Waals surface area contributed by atoms with Gasteiger partial charge in [-0.15, -0.1) is 0 Å². The molecule has 0 unspecified atom stereocenters. The van der Waals surface area contributed by atoms with Gasteiger partial charge in [0.1, 0.15) is 17.2 Å². The second-order valence-corrected chi connectivity index (χ2v) is 5.49. The minimum atomic E-state index is 0.634. The molecule has 3 rings (SSSR count). The van der Waals surface area contributed by atoms with E-state index in [4.69, 9.17) is 21.1 Å². The topological polar surface area (TPSA) is 21.7 Å². The van der Waals surface area contributed by atoms with Crippen molar-refractivity contribution in [2.75, 3.05) is 25.1 Å². The molecular formula is C17H18ClNO2. The number of benzene rings is 2. The molecule has 0 atom stereocenters. The van der Waals surface area contributed by atoms with Gasteiger partial charge in [0.2, 0.25) is 0 Å². The summed E-state index contributed by atoms with van der Waals surface area (Å²) in [6.45, 7) is 2.21. The molecule has 1 heterocycles. The first-order valence-electron chi connectivity index (χ1n) is 7.13. The van der Waals surface area contributed by atoms with Crippen molar-refractivity contribution in [1.29, 1.82) is 0 Å². The van der Waals surface area contributed by atoms with Gasteiger partial charge in [0.15, 0.2) is 0 Å². The van der Waals surface area contributed by atoms with Crippen LogP contribution in [-0.2, 0) is 0 Å². The fourth-order valence-electron chi connectivity index (χ4n) is 2.52. The molecule has 21 heavy (non-hydrogen) atoms. The summed E-state index contributed by atoms with van der Waals surface area (Å²) in [5, 5.41) is 0.634. The van der Waals surface area contributed by atoms with E-state index < -0.39 is 0 Å². The highest BCUT2D eigenvalue weighted by Gasteiger charge is 2.14. The molecule has 0 radical (unpaired) electrons. The van der Waals surface area contributed by atoms with E-state index in [0.717, 1.165) is 24.6 Å². The van der Waals surface area contributed by atoms with Crippen molar-refractivity contribution in [1.82, 2.24) is 0 Å². The molecule has 110 valence electrons. The largest absolute Gasteiger partial charge is 0.497 e. The van der Waals surface area contributed by atoms with Crippen LogP contribution in [0.3, 0.4) is 0 Å². The SMILES string of the molecule is COc1ccc(Oc2ccc(N3CCCC3)cc2Cl)cc1. The number of hydrogen-bond donors (Lipinski definition) is 0. The molecule has 0 spiro atoms. The van der Waals surface area contributed by atoms with Crippen LogP contribution in [0.1, 0.15) is 12.8 Å². The summed E-state index contributed by atoms with van der Waals surface area (Å²) in [6.07, 6.45) is 2.50. The number of anilines is 1. The quantitative estimate of drug-likeness (QED) is 0.814.